The molecule has 1 fully saturated rings. The number of aliphatic imine (C=N–C) groups is 1. The topological polar surface area (TPSA) is 79.3 Å². The summed E-state index contributed by atoms with van der Waals surface area (Å²) in [5, 5.41) is 3.36. The molecule has 32 heavy (non-hydrogen) atoms. The monoisotopic (exact) mass is 441 g/mol. The lowest BCUT2D eigenvalue weighted by molar-refractivity contribution is 0.0137. The van der Waals surface area contributed by atoms with Gasteiger partial charge in [-0.15, -0.1) is 0 Å². The number of fused-ring (bicyclic) bond motifs is 1. The lowest BCUT2D eigenvalue weighted by atomic mass is 10.2. The van der Waals surface area contributed by atoms with Crippen LogP contribution in [-0.4, -0.2) is 64.7 Å². The van der Waals surface area contributed by atoms with Crippen LogP contribution in [-0.2, 0) is 11.3 Å². The van der Waals surface area contributed by atoms with E-state index in [0.29, 0.717) is 44.4 Å². The van der Waals surface area contributed by atoms with E-state index in [-0.39, 0.29) is 18.0 Å². The Kier molecular flexibility index (Phi) is 6.16. The van der Waals surface area contributed by atoms with Crippen LogP contribution in [0.3, 0.4) is 0 Å². The Balaban J connectivity index is 1.35. The second-order valence-electron chi connectivity index (χ2n) is 8.82. The summed E-state index contributed by atoms with van der Waals surface area (Å²) in [7, 11) is 0. The van der Waals surface area contributed by atoms with Crippen LogP contribution >= 0.6 is 0 Å². The number of benzene rings is 1. The molecule has 1 atom stereocenters. The van der Waals surface area contributed by atoms with Crippen LogP contribution < -0.4 is 10.1 Å². The van der Waals surface area contributed by atoms with Crippen LogP contribution in [0.5, 0.6) is 11.6 Å². The molecule has 4 rings (SSSR count). The molecule has 2 aromatic rings. The largest absolute Gasteiger partial charge is 0.444 e. The molecule has 3 heterocycles. The van der Waals surface area contributed by atoms with Crippen LogP contribution in [0.4, 0.5) is 9.18 Å². The molecule has 2 aliphatic rings. The summed E-state index contributed by atoms with van der Waals surface area (Å²) in [6.45, 7) is 8.50. The van der Waals surface area contributed by atoms with Gasteiger partial charge in [-0.25, -0.2) is 14.2 Å². The molecule has 1 aromatic heterocycles. The summed E-state index contributed by atoms with van der Waals surface area (Å²) >= 11 is 0. The lowest BCUT2D eigenvalue weighted by Crippen LogP contribution is -2.57. The van der Waals surface area contributed by atoms with Crippen molar-refractivity contribution in [1.82, 2.24) is 20.1 Å². The quantitative estimate of drug-likeness (QED) is 0.784. The molecule has 8 nitrogen and oxygen atoms in total. The lowest BCUT2D eigenvalue weighted by Gasteiger charge is -2.39. The Morgan fingerprint density at radius 2 is 2.09 bits per heavy atom. The van der Waals surface area contributed by atoms with E-state index < -0.39 is 5.60 Å². The minimum absolute atomic E-state index is 0.121. The fourth-order valence-corrected chi connectivity index (χ4v) is 3.69. The van der Waals surface area contributed by atoms with Crippen LogP contribution in [0.2, 0.25) is 0 Å². The number of carbonyl (C=O) groups excluding carboxylic acids is 1. The fourth-order valence-electron chi connectivity index (χ4n) is 3.69. The number of guanidine groups is 1. The van der Waals surface area contributed by atoms with Gasteiger partial charge in [0.2, 0.25) is 5.88 Å². The van der Waals surface area contributed by atoms with E-state index in [1.54, 1.807) is 23.2 Å². The van der Waals surface area contributed by atoms with Gasteiger partial charge >= 0.3 is 6.09 Å². The van der Waals surface area contributed by atoms with Gasteiger partial charge in [0.05, 0.1) is 12.6 Å². The highest BCUT2D eigenvalue weighted by molar-refractivity contribution is 5.82. The van der Waals surface area contributed by atoms with E-state index >= 15 is 0 Å². The molecule has 2 aliphatic heterocycles. The molecule has 0 bridgehead atoms. The molecule has 9 heteroatoms. The minimum Gasteiger partial charge on any atom is -0.444 e. The first-order valence-electron chi connectivity index (χ1n) is 10.7. The van der Waals surface area contributed by atoms with Crippen molar-refractivity contribution in [3.05, 3.63) is 54.0 Å². The number of ether oxygens (including phenoxy) is 2. The third-order valence-corrected chi connectivity index (χ3v) is 5.16. The standard InChI is InChI=1S/C23H28FN5O3/c1-23(2,3)32-22(30)28-10-11-29-18(15-28)14-27-21(29)26-13-16-6-5-9-25-20(16)31-19-8-4-7-17(24)12-19/h4-9,12,18H,10-11,13-15H2,1-3H3,(H,26,27). The number of nitrogens with zero attached hydrogens (tertiary/aromatic N) is 4. The molecule has 1 saturated heterocycles. The van der Waals surface area contributed by atoms with Crippen LogP contribution in [0.25, 0.3) is 0 Å². The predicted molar refractivity (Wildman–Crippen MR) is 118 cm³/mol. The van der Waals surface area contributed by atoms with E-state index in [9.17, 15) is 9.18 Å². The first-order valence-corrected chi connectivity index (χ1v) is 10.7. The van der Waals surface area contributed by atoms with Crippen molar-refractivity contribution in [3.8, 4) is 11.6 Å². The Morgan fingerprint density at radius 3 is 2.88 bits per heavy atom. The van der Waals surface area contributed by atoms with Crippen molar-refractivity contribution in [2.75, 3.05) is 26.2 Å². The number of amides is 1. The van der Waals surface area contributed by atoms with Crippen molar-refractivity contribution in [2.45, 2.75) is 39.0 Å². The highest BCUT2D eigenvalue weighted by Crippen LogP contribution is 2.24. The molecule has 0 saturated carbocycles. The Hall–Kier alpha value is -3.36. The van der Waals surface area contributed by atoms with Gasteiger partial charge in [-0.1, -0.05) is 12.1 Å². The van der Waals surface area contributed by atoms with Crippen molar-refractivity contribution in [2.24, 2.45) is 4.99 Å². The third-order valence-electron chi connectivity index (χ3n) is 5.16. The molecule has 1 aromatic carbocycles. The fraction of sp³-hybridized carbons (Fsp3) is 0.435. The molecular weight excluding hydrogens is 413 g/mol. The number of hydrogen-bond donors (Lipinski definition) is 1. The first-order chi connectivity index (χ1) is 15.3. The maximum atomic E-state index is 13.5. The smallest absolute Gasteiger partial charge is 0.410 e. The van der Waals surface area contributed by atoms with Crippen LogP contribution in [0, 0.1) is 5.82 Å². The van der Waals surface area contributed by atoms with E-state index in [1.807, 2.05) is 32.9 Å². The number of hydrogen-bond acceptors (Lipinski definition) is 7. The van der Waals surface area contributed by atoms with Crippen molar-refractivity contribution < 1.29 is 18.7 Å². The van der Waals surface area contributed by atoms with Crippen molar-refractivity contribution in [3.63, 3.8) is 0 Å². The zero-order valence-corrected chi connectivity index (χ0v) is 18.5. The van der Waals surface area contributed by atoms with E-state index in [0.717, 1.165) is 11.5 Å². The number of piperazine rings is 1. The van der Waals surface area contributed by atoms with E-state index in [4.69, 9.17) is 9.47 Å². The summed E-state index contributed by atoms with van der Waals surface area (Å²) in [4.78, 5) is 25.2. The molecule has 1 unspecified atom stereocenters. The van der Waals surface area contributed by atoms with Crippen molar-refractivity contribution in [1.29, 1.82) is 0 Å². The number of aromatic nitrogens is 1. The molecule has 170 valence electrons. The Bertz CT molecular complexity index is 1010. The Morgan fingerprint density at radius 1 is 1.25 bits per heavy atom. The summed E-state index contributed by atoms with van der Waals surface area (Å²) in [5.74, 6) is 1.23. The average Bonchev–Trinajstić information content (AvgIpc) is 3.14. The molecule has 1 amide bonds. The predicted octanol–water partition coefficient (Wildman–Crippen LogP) is 3.39. The summed E-state index contributed by atoms with van der Waals surface area (Å²) in [5.41, 5.74) is 0.317. The zero-order valence-electron chi connectivity index (χ0n) is 18.5. The second-order valence-corrected chi connectivity index (χ2v) is 8.82. The highest BCUT2D eigenvalue weighted by Gasteiger charge is 2.36. The van der Waals surface area contributed by atoms with Gasteiger partial charge < -0.3 is 24.6 Å². The Labute approximate surface area is 187 Å². The molecule has 1 N–H and O–H groups in total. The highest BCUT2D eigenvalue weighted by atomic mass is 19.1. The molecular formula is C23H28FN5O3. The van der Waals surface area contributed by atoms with E-state index in [2.05, 4.69) is 20.2 Å². The summed E-state index contributed by atoms with van der Waals surface area (Å²) in [6.07, 6.45) is 1.35. The maximum absolute atomic E-state index is 13.5. The average molecular weight is 442 g/mol. The van der Waals surface area contributed by atoms with Gasteiger partial charge in [-0.05, 0) is 39.0 Å². The first kappa shape index (κ1) is 21.9. The van der Waals surface area contributed by atoms with Crippen LogP contribution in [0.15, 0.2) is 47.6 Å². The number of nitrogens with one attached hydrogen (secondary N) is 1. The third kappa shape index (κ3) is 5.27. The SMILES string of the molecule is CC(C)(C)OC(=O)N1CCN2C(NCc3cccnc3Oc3cccc(F)c3)=NCC2C1. The van der Waals surface area contributed by atoms with Gasteiger partial charge in [0, 0.05) is 44.0 Å². The number of rotatable bonds is 4. The number of carbonyl (C=O) groups is 1. The summed E-state index contributed by atoms with van der Waals surface area (Å²) < 4.78 is 24.8. The molecule has 0 aliphatic carbocycles. The summed E-state index contributed by atoms with van der Waals surface area (Å²) in [6, 6.07) is 9.82. The number of halogens is 1. The maximum Gasteiger partial charge on any atom is 0.410 e. The van der Waals surface area contributed by atoms with Crippen LogP contribution in [0.1, 0.15) is 26.3 Å². The zero-order chi connectivity index (χ0) is 22.7. The normalized spacial score (nSPS) is 18.1. The van der Waals surface area contributed by atoms with Gasteiger partial charge in [-0.2, -0.15) is 0 Å². The molecule has 0 radical (unpaired) electrons. The van der Waals surface area contributed by atoms with Gasteiger partial charge in [0.25, 0.3) is 0 Å². The minimum atomic E-state index is -0.512. The van der Waals surface area contributed by atoms with Gasteiger partial charge in [0.15, 0.2) is 5.96 Å². The van der Waals surface area contributed by atoms with Crippen molar-refractivity contribution >= 4 is 12.1 Å². The number of pyridine rings is 1. The van der Waals surface area contributed by atoms with Gasteiger partial charge in [0.1, 0.15) is 17.2 Å². The molecule has 0 spiro atoms. The van der Waals surface area contributed by atoms with E-state index in [1.165, 1.54) is 12.1 Å². The second kappa shape index (κ2) is 9.02. The van der Waals surface area contributed by atoms with Gasteiger partial charge in [-0.3, -0.25) is 4.99 Å².